The van der Waals surface area contributed by atoms with Gasteiger partial charge >= 0.3 is 5.97 Å². The van der Waals surface area contributed by atoms with Crippen LogP contribution in [0.25, 0.3) is 0 Å². The lowest BCUT2D eigenvalue weighted by molar-refractivity contribution is 0.0519. The maximum atomic E-state index is 12.6. The maximum Gasteiger partial charge on any atom is 0.358 e. The number of ether oxygens (including phenoxy) is 1. The van der Waals surface area contributed by atoms with E-state index in [0.717, 1.165) is 0 Å². The largest absolute Gasteiger partial charge is 0.461 e. The fourth-order valence-electron chi connectivity index (χ4n) is 0.787. The Hall–Kier alpha value is -0.960. The number of carbonyl (C=O) groups excluding carboxylic acids is 1. The highest BCUT2D eigenvalue weighted by Crippen LogP contribution is 2.22. The lowest BCUT2D eigenvalue weighted by Crippen LogP contribution is -2.04. The Morgan fingerprint density at radius 3 is 3.08 bits per heavy atom. The molecule has 1 heterocycles. The fourth-order valence-corrected chi connectivity index (χ4v) is 0.958. The number of carbonyl (C=O) groups is 1. The van der Waals surface area contributed by atoms with Crippen molar-refractivity contribution in [3.8, 4) is 0 Å². The summed E-state index contributed by atoms with van der Waals surface area (Å²) in [5.41, 5.74) is 0.343. The lowest BCUT2D eigenvalue weighted by Gasteiger charge is -1.95. The highest BCUT2D eigenvalue weighted by atomic mass is 31.0. The highest BCUT2D eigenvalue weighted by molar-refractivity contribution is 7.16. The third-order valence-electron chi connectivity index (χ3n) is 1.38. The fraction of sp³-hybridized carbons (Fsp3) is 0.429. The predicted molar refractivity (Wildman–Crippen MR) is 48.1 cm³/mol. The van der Waals surface area contributed by atoms with E-state index in [1.54, 1.807) is 6.92 Å². The van der Waals surface area contributed by atoms with E-state index in [9.17, 15) is 9.18 Å². The summed E-state index contributed by atoms with van der Waals surface area (Å²) in [5.74, 6) is -1.79. The van der Waals surface area contributed by atoms with Gasteiger partial charge < -0.3 is 4.74 Å². The van der Waals surface area contributed by atoms with Gasteiger partial charge in [0.15, 0.2) is 11.6 Å². The van der Waals surface area contributed by atoms with Crippen LogP contribution in [0.2, 0.25) is 0 Å². The van der Waals surface area contributed by atoms with Crippen molar-refractivity contribution in [2.24, 2.45) is 0 Å². The first-order valence-electron chi connectivity index (χ1n) is 3.77. The molecule has 0 saturated heterocycles. The first kappa shape index (κ1) is 10.1. The number of hydrogen-bond acceptors (Lipinski definition) is 3. The Bertz CT molecular complexity index is 300. The van der Waals surface area contributed by atoms with Crippen LogP contribution >= 0.6 is 9.24 Å². The summed E-state index contributed by atoms with van der Waals surface area (Å²) in [5, 5.41) is 6.00. The van der Waals surface area contributed by atoms with E-state index >= 15 is 0 Å². The molecule has 0 aliphatic carbocycles. The lowest BCUT2D eigenvalue weighted by atomic mass is 10.4. The normalized spacial score (nSPS) is 12.5. The zero-order valence-corrected chi connectivity index (χ0v) is 8.24. The quantitative estimate of drug-likeness (QED) is 0.598. The van der Waals surface area contributed by atoms with Crippen molar-refractivity contribution in [1.82, 2.24) is 10.2 Å². The molecule has 0 aliphatic heterocycles. The standard InChI is InChI=1S/C7H10FN2O2P/c1-2-12-7(11)5-3-4(6(8)13)9-10-5/h3,6H,2,13H2,1H3,(H,9,10). The molecular formula is C7H10FN2O2P. The Kier molecular flexibility index (Phi) is 3.37. The topological polar surface area (TPSA) is 55.0 Å². The number of aromatic amines is 1. The summed E-state index contributed by atoms with van der Waals surface area (Å²) in [6.07, 6.45) is 0. The Morgan fingerprint density at radius 2 is 2.62 bits per heavy atom. The van der Waals surface area contributed by atoms with Gasteiger partial charge in [-0.15, -0.1) is 0 Å². The van der Waals surface area contributed by atoms with E-state index in [1.165, 1.54) is 6.07 Å². The number of H-pyrrole nitrogens is 1. The number of rotatable bonds is 3. The first-order valence-corrected chi connectivity index (χ1v) is 4.44. The Labute approximate surface area is 77.1 Å². The second kappa shape index (κ2) is 4.33. The monoisotopic (exact) mass is 204 g/mol. The maximum absolute atomic E-state index is 12.6. The van der Waals surface area contributed by atoms with Crippen LogP contribution in [-0.2, 0) is 4.74 Å². The van der Waals surface area contributed by atoms with Gasteiger partial charge in [0.2, 0.25) is 0 Å². The molecule has 0 aromatic carbocycles. The molecule has 0 bridgehead atoms. The van der Waals surface area contributed by atoms with E-state index in [1.807, 2.05) is 9.24 Å². The van der Waals surface area contributed by atoms with Gasteiger partial charge in [-0.3, -0.25) is 5.10 Å². The molecule has 0 saturated carbocycles. The average Bonchev–Trinajstić information content (AvgIpc) is 2.52. The number of aromatic nitrogens is 2. The minimum Gasteiger partial charge on any atom is -0.461 e. The highest BCUT2D eigenvalue weighted by Gasteiger charge is 2.13. The van der Waals surface area contributed by atoms with Crippen LogP contribution in [0.15, 0.2) is 6.07 Å². The van der Waals surface area contributed by atoms with Crippen LogP contribution < -0.4 is 0 Å². The van der Waals surface area contributed by atoms with Gasteiger partial charge in [-0.25, -0.2) is 9.18 Å². The van der Waals surface area contributed by atoms with E-state index in [4.69, 9.17) is 0 Å². The Balaban J connectivity index is 2.73. The van der Waals surface area contributed by atoms with Gasteiger partial charge in [-0.2, -0.15) is 5.10 Å². The SMILES string of the molecule is CCOC(=O)c1cc(C(F)P)[nH]n1. The first-order chi connectivity index (χ1) is 6.15. The van der Waals surface area contributed by atoms with Gasteiger partial charge in [0, 0.05) is 0 Å². The molecule has 0 amide bonds. The van der Waals surface area contributed by atoms with Gasteiger partial charge in [-0.1, -0.05) is 9.24 Å². The summed E-state index contributed by atoms with van der Waals surface area (Å²) in [4.78, 5) is 11.0. The van der Waals surface area contributed by atoms with Crippen LogP contribution in [0.5, 0.6) is 0 Å². The molecule has 72 valence electrons. The number of halogens is 1. The minimum atomic E-state index is -1.24. The Morgan fingerprint density at radius 1 is 1.92 bits per heavy atom. The molecule has 0 radical (unpaired) electrons. The molecule has 0 aliphatic rings. The number of alkyl halides is 1. The van der Waals surface area contributed by atoms with Crippen molar-refractivity contribution in [2.45, 2.75) is 12.8 Å². The number of hydrogen-bond donors (Lipinski definition) is 1. The third kappa shape index (κ3) is 2.49. The van der Waals surface area contributed by atoms with Crippen molar-refractivity contribution < 1.29 is 13.9 Å². The van der Waals surface area contributed by atoms with E-state index in [-0.39, 0.29) is 18.0 Å². The van der Waals surface area contributed by atoms with Crippen molar-refractivity contribution >= 4 is 15.2 Å². The molecule has 2 atom stereocenters. The van der Waals surface area contributed by atoms with Crippen LogP contribution in [-0.4, -0.2) is 22.8 Å². The van der Waals surface area contributed by atoms with Gasteiger partial charge in [0.1, 0.15) is 0 Å². The smallest absolute Gasteiger partial charge is 0.358 e. The third-order valence-corrected chi connectivity index (χ3v) is 1.74. The molecule has 1 aromatic rings. The zero-order chi connectivity index (χ0) is 9.84. The van der Waals surface area contributed by atoms with Crippen LogP contribution in [0.3, 0.4) is 0 Å². The molecule has 2 unspecified atom stereocenters. The van der Waals surface area contributed by atoms with E-state index in [2.05, 4.69) is 14.9 Å². The summed E-state index contributed by atoms with van der Waals surface area (Å²) < 4.78 is 17.3. The summed E-state index contributed by atoms with van der Waals surface area (Å²) >= 11 is 0. The molecule has 1 N–H and O–H groups in total. The van der Waals surface area contributed by atoms with Gasteiger partial charge in [-0.05, 0) is 13.0 Å². The van der Waals surface area contributed by atoms with E-state index < -0.39 is 11.9 Å². The number of esters is 1. The predicted octanol–water partition coefficient (Wildman–Crippen LogP) is 1.43. The molecule has 6 heteroatoms. The zero-order valence-electron chi connectivity index (χ0n) is 7.08. The van der Waals surface area contributed by atoms with Crippen molar-refractivity contribution in [2.75, 3.05) is 6.61 Å². The number of nitrogens with zero attached hydrogens (tertiary/aromatic N) is 1. The van der Waals surface area contributed by atoms with Gasteiger partial charge in [0.05, 0.1) is 12.3 Å². The molecule has 0 fully saturated rings. The molecule has 1 aromatic heterocycles. The molecule has 4 nitrogen and oxygen atoms in total. The summed E-state index contributed by atoms with van der Waals surface area (Å²) in [7, 11) is 1.95. The summed E-state index contributed by atoms with van der Waals surface area (Å²) in [6.45, 7) is 1.97. The van der Waals surface area contributed by atoms with E-state index in [0.29, 0.717) is 0 Å². The van der Waals surface area contributed by atoms with Crippen molar-refractivity contribution in [1.29, 1.82) is 0 Å². The second-order valence-electron chi connectivity index (χ2n) is 2.33. The second-order valence-corrected chi connectivity index (χ2v) is 2.92. The molecule has 0 spiro atoms. The van der Waals surface area contributed by atoms with Crippen molar-refractivity contribution in [3.63, 3.8) is 0 Å². The average molecular weight is 204 g/mol. The van der Waals surface area contributed by atoms with Crippen LogP contribution in [0.4, 0.5) is 4.39 Å². The molecular weight excluding hydrogens is 194 g/mol. The van der Waals surface area contributed by atoms with Crippen molar-refractivity contribution in [3.05, 3.63) is 17.5 Å². The minimum absolute atomic E-state index is 0.0990. The van der Waals surface area contributed by atoms with Gasteiger partial charge in [0.25, 0.3) is 0 Å². The summed E-state index contributed by atoms with van der Waals surface area (Å²) in [6, 6.07) is 1.33. The van der Waals surface area contributed by atoms with Crippen LogP contribution in [0.1, 0.15) is 29.0 Å². The van der Waals surface area contributed by atoms with Crippen LogP contribution in [0, 0.1) is 0 Å². The number of nitrogens with one attached hydrogen (secondary N) is 1. The molecule has 1 rings (SSSR count). The molecule has 13 heavy (non-hydrogen) atoms.